The van der Waals surface area contributed by atoms with Crippen LogP contribution < -0.4 is 0 Å². The average Bonchev–Trinajstić information content (AvgIpc) is 2.77. The Morgan fingerprint density at radius 2 is 2.17 bits per heavy atom. The molecular weight excluding hydrogens is 228 g/mol. The van der Waals surface area contributed by atoms with Gasteiger partial charge in [-0.15, -0.1) is 0 Å². The number of likely N-dealkylation sites (tertiary alicyclic amines) is 2. The molecule has 4 nitrogen and oxygen atoms in total. The van der Waals surface area contributed by atoms with Crippen molar-refractivity contribution in [2.24, 2.45) is 0 Å². The van der Waals surface area contributed by atoms with Crippen molar-refractivity contribution in [2.45, 2.75) is 63.6 Å². The Morgan fingerprint density at radius 1 is 1.44 bits per heavy atom. The molecule has 2 heterocycles. The van der Waals surface area contributed by atoms with Gasteiger partial charge in [0.15, 0.2) is 0 Å². The topological polar surface area (TPSA) is 43.8 Å². The van der Waals surface area contributed by atoms with Crippen LogP contribution in [0, 0.1) is 0 Å². The summed E-state index contributed by atoms with van der Waals surface area (Å²) >= 11 is 0. The molecule has 0 aliphatic carbocycles. The van der Waals surface area contributed by atoms with E-state index in [0.717, 1.165) is 45.2 Å². The normalized spacial score (nSPS) is 39.1. The van der Waals surface area contributed by atoms with Crippen molar-refractivity contribution in [3.8, 4) is 0 Å². The molecule has 0 saturated carbocycles. The van der Waals surface area contributed by atoms with Crippen LogP contribution in [0.1, 0.15) is 46.0 Å². The maximum absolute atomic E-state index is 11.7. The molecule has 4 heteroatoms. The summed E-state index contributed by atoms with van der Waals surface area (Å²) in [5.41, 5.74) is -0.583. The number of aliphatic carboxylic acids is 1. The minimum Gasteiger partial charge on any atom is -0.480 e. The third kappa shape index (κ3) is 2.16. The van der Waals surface area contributed by atoms with E-state index in [1.165, 1.54) is 0 Å². The van der Waals surface area contributed by atoms with E-state index in [1.54, 1.807) is 0 Å². The average molecular weight is 254 g/mol. The summed E-state index contributed by atoms with van der Waals surface area (Å²) < 4.78 is 0. The molecule has 2 rings (SSSR count). The Kier molecular flexibility index (Phi) is 3.97. The van der Waals surface area contributed by atoms with Crippen LogP contribution in [0.3, 0.4) is 0 Å². The third-order valence-electron chi connectivity index (χ3n) is 5.14. The molecule has 2 aliphatic heterocycles. The molecule has 18 heavy (non-hydrogen) atoms. The minimum absolute atomic E-state index is 0.453. The highest BCUT2D eigenvalue weighted by Gasteiger charge is 2.49. The van der Waals surface area contributed by atoms with Gasteiger partial charge in [0.05, 0.1) is 0 Å². The molecule has 0 spiro atoms. The Bertz CT molecular complexity index is 321. The second-order valence-corrected chi connectivity index (χ2v) is 6.00. The smallest absolute Gasteiger partial charge is 0.324 e. The van der Waals surface area contributed by atoms with Crippen molar-refractivity contribution >= 4 is 5.97 Å². The first kappa shape index (κ1) is 13.8. The predicted octanol–water partition coefficient (Wildman–Crippen LogP) is 1.80. The van der Waals surface area contributed by atoms with Crippen molar-refractivity contribution < 1.29 is 9.90 Å². The maximum Gasteiger partial charge on any atom is 0.324 e. The Balaban J connectivity index is 2.14. The number of carboxylic acids is 1. The molecule has 2 fully saturated rings. The van der Waals surface area contributed by atoms with Crippen LogP contribution in [-0.2, 0) is 4.79 Å². The van der Waals surface area contributed by atoms with Gasteiger partial charge < -0.3 is 10.0 Å². The molecule has 0 bridgehead atoms. The van der Waals surface area contributed by atoms with E-state index in [1.807, 2.05) is 6.92 Å². The van der Waals surface area contributed by atoms with Crippen molar-refractivity contribution in [1.29, 1.82) is 0 Å². The van der Waals surface area contributed by atoms with E-state index < -0.39 is 11.5 Å². The molecule has 2 saturated heterocycles. The largest absolute Gasteiger partial charge is 0.480 e. The quantitative estimate of drug-likeness (QED) is 0.834. The predicted molar refractivity (Wildman–Crippen MR) is 71.7 cm³/mol. The molecular formula is C14H26N2O2. The third-order valence-corrected chi connectivity index (χ3v) is 5.14. The monoisotopic (exact) mass is 254 g/mol. The summed E-state index contributed by atoms with van der Waals surface area (Å²) in [5.74, 6) is -0.617. The summed E-state index contributed by atoms with van der Waals surface area (Å²) in [6.45, 7) is 6.31. The maximum atomic E-state index is 11.7. The fraction of sp³-hybridized carbons (Fsp3) is 0.929. The lowest BCUT2D eigenvalue weighted by atomic mass is 9.88. The summed E-state index contributed by atoms with van der Waals surface area (Å²) in [6.07, 6.45) is 4.78. The molecule has 2 aliphatic rings. The van der Waals surface area contributed by atoms with E-state index in [2.05, 4.69) is 23.8 Å². The van der Waals surface area contributed by atoms with Crippen LogP contribution in [0.15, 0.2) is 0 Å². The molecule has 0 radical (unpaired) electrons. The fourth-order valence-electron chi connectivity index (χ4n) is 3.74. The summed E-state index contributed by atoms with van der Waals surface area (Å²) in [6, 6.07) is 1.02. The summed E-state index contributed by atoms with van der Waals surface area (Å²) in [7, 11) is 2.16. The van der Waals surface area contributed by atoms with Crippen LogP contribution in [0.4, 0.5) is 0 Å². The van der Waals surface area contributed by atoms with Crippen LogP contribution in [0.5, 0.6) is 0 Å². The number of rotatable bonds is 3. The van der Waals surface area contributed by atoms with Gasteiger partial charge in [-0.25, -0.2) is 0 Å². The number of hydrogen-bond acceptors (Lipinski definition) is 3. The number of carboxylic acid groups (broad SMARTS) is 1. The lowest BCUT2D eigenvalue weighted by molar-refractivity contribution is -0.152. The number of hydrogen-bond donors (Lipinski definition) is 1. The molecule has 0 amide bonds. The van der Waals surface area contributed by atoms with Crippen molar-refractivity contribution in [2.75, 3.05) is 20.1 Å². The first-order valence-electron chi connectivity index (χ1n) is 7.21. The second-order valence-electron chi connectivity index (χ2n) is 6.00. The van der Waals surface area contributed by atoms with E-state index in [-0.39, 0.29) is 0 Å². The Morgan fingerprint density at radius 3 is 2.72 bits per heavy atom. The van der Waals surface area contributed by atoms with Gasteiger partial charge in [-0.2, -0.15) is 0 Å². The first-order valence-corrected chi connectivity index (χ1v) is 7.21. The number of carbonyl (C=O) groups is 1. The standard InChI is InChI=1S/C14H26N2O2/c1-4-14(13(17)18)7-5-8-16(14)12-6-9-15(3)11(2)10-12/h11-12H,4-10H2,1-3H3,(H,17,18). The molecule has 1 N–H and O–H groups in total. The van der Waals surface area contributed by atoms with Gasteiger partial charge in [0.1, 0.15) is 5.54 Å². The van der Waals surface area contributed by atoms with E-state index in [0.29, 0.717) is 12.1 Å². The highest BCUT2D eigenvalue weighted by molar-refractivity contribution is 5.79. The van der Waals surface area contributed by atoms with E-state index in [9.17, 15) is 9.90 Å². The molecule has 0 aromatic rings. The Hall–Kier alpha value is -0.610. The van der Waals surface area contributed by atoms with E-state index >= 15 is 0 Å². The number of piperidine rings is 1. The molecule has 3 atom stereocenters. The van der Waals surface area contributed by atoms with Gasteiger partial charge in [0, 0.05) is 12.1 Å². The zero-order chi connectivity index (χ0) is 13.3. The molecule has 3 unspecified atom stereocenters. The van der Waals surface area contributed by atoms with Crippen molar-refractivity contribution in [3.63, 3.8) is 0 Å². The SMILES string of the molecule is CCC1(C(=O)O)CCCN1C1CCN(C)C(C)C1. The van der Waals surface area contributed by atoms with Crippen LogP contribution in [0.25, 0.3) is 0 Å². The molecule has 0 aromatic heterocycles. The van der Waals surface area contributed by atoms with Crippen LogP contribution in [0.2, 0.25) is 0 Å². The number of nitrogens with zero attached hydrogens (tertiary/aromatic N) is 2. The van der Waals surface area contributed by atoms with Gasteiger partial charge in [0.25, 0.3) is 0 Å². The summed E-state index contributed by atoms with van der Waals surface area (Å²) in [4.78, 5) is 16.4. The summed E-state index contributed by atoms with van der Waals surface area (Å²) in [5, 5.41) is 9.63. The zero-order valence-corrected chi connectivity index (χ0v) is 11.9. The lowest BCUT2D eigenvalue weighted by Crippen LogP contribution is -2.57. The molecule has 0 aromatic carbocycles. The fourth-order valence-corrected chi connectivity index (χ4v) is 3.74. The first-order chi connectivity index (χ1) is 8.51. The minimum atomic E-state index is -0.617. The second kappa shape index (κ2) is 5.17. The van der Waals surface area contributed by atoms with Gasteiger partial charge in [0.2, 0.25) is 0 Å². The van der Waals surface area contributed by atoms with Gasteiger partial charge in [-0.3, -0.25) is 9.69 Å². The van der Waals surface area contributed by atoms with Gasteiger partial charge in [-0.1, -0.05) is 6.92 Å². The van der Waals surface area contributed by atoms with E-state index in [4.69, 9.17) is 0 Å². The highest BCUT2D eigenvalue weighted by atomic mass is 16.4. The highest BCUT2D eigenvalue weighted by Crippen LogP contribution is 2.37. The van der Waals surface area contributed by atoms with Crippen molar-refractivity contribution in [1.82, 2.24) is 9.80 Å². The molecule has 104 valence electrons. The van der Waals surface area contributed by atoms with Gasteiger partial charge >= 0.3 is 5.97 Å². The van der Waals surface area contributed by atoms with Crippen LogP contribution >= 0.6 is 0 Å². The van der Waals surface area contributed by atoms with Crippen LogP contribution in [-0.4, -0.2) is 58.6 Å². The lowest BCUT2D eigenvalue weighted by Gasteiger charge is -2.45. The van der Waals surface area contributed by atoms with Crippen molar-refractivity contribution in [3.05, 3.63) is 0 Å². The Labute approximate surface area is 110 Å². The zero-order valence-electron chi connectivity index (χ0n) is 11.9. The van der Waals surface area contributed by atoms with Gasteiger partial charge in [-0.05, 0) is 59.2 Å².